The number of nitrogens with one attached hydrogen (secondary N) is 1. The van der Waals surface area contributed by atoms with Crippen molar-refractivity contribution in [3.05, 3.63) is 113 Å². The minimum atomic E-state index is 0.170. The molecule has 1 N–H and O–H groups in total. The predicted molar refractivity (Wildman–Crippen MR) is 130 cm³/mol. The maximum Gasteiger partial charge on any atom is 0.129 e. The van der Waals surface area contributed by atoms with Crippen LogP contribution in [-0.4, -0.2) is 5.84 Å². The van der Waals surface area contributed by atoms with Crippen molar-refractivity contribution in [2.75, 3.05) is 0 Å². The molecule has 0 aliphatic carbocycles. The first-order valence-electron chi connectivity index (χ1n) is 10.8. The molecule has 0 spiro atoms. The molecule has 0 aromatic heterocycles. The molecule has 0 aliphatic heterocycles. The molecule has 0 saturated heterocycles. The van der Waals surface area contributed by atoms with Gasteiger partial charge in [0.25, 0.3) is 0 Å². The van der Waals surface area contributed by atoms with Crippen LogP contribution >= 0.6 is 0 Å². The summed E-state index contributed by atoms with van der Waals surface area (Å²) in [5, 5.41) is 3.63. The van der Waals surface area contributed by atoms with Gasteiger partial charge in [-0.1, -0.05) is 104 Å². The number of hydrogen-bond acceptors (Lipinski definition) is 1. The highest BCUT2D eigenvalue weighted by Gasteiger charge is 2.10. The van der Waals surface area contributed by atoms with Crippen LogP contribution in [0.3, 0.4) is 0 Å². The highest BCUT2D eigenvalue weighted by Crippen LogP contribution is 2.19. The Balaban J connectivity index is 1.79. The lowest BCUT2D eigenvalue weighted by molar-refractivity contribution is 0.712. The van der Waals surface area contributed by atoms with Gasteiger partial charge in [0, 0.05) is 11.6 Å². The lowest BCUT2D eigenvalue weighted by atomic mass is 10.0. The van der Waals surface area contributed by atoms with E-state index in [0.29, 0.717) is 6.54 Å². The number of nitrogens with zero attached hydrogens (tertiary/aromatic N) is 1. The van der Waals surface area contributed by atoms with E-state index in [1.54, 1.807) is 0 Å². The van der Waals surface area contributed by atoms with Crippen LogP contribution in [-0.2, 0) is 6.54 Å². The van der Waals surface area contributed by atoms with Crippen LogP contribution in [0.4, 0.5) is 0 Å². The third kappa shape index (κ3) is 5.93. The molecule has 0 saturated carbocycles. The van der Waals surface area contributed by atoms with Crippen molar-refractivity contribution in [1.29, 1.82) is 0 Å². The Hall–Kier alpha value is -3.13. The number of allylic oxidation sites excluding steroid dienone is 1. The van der Waals surface area contributed by atoms with Crippen LogP contribution in [0, 0.1) is 6.92 Å². The lowest BCUT2D eigenvalue weighted by Gasteiger charge is -2.18. The monoisotopic (exact) mass is 396 g/mol. The second-order valence-corrected chi connectivity index (χ2v) is 7.86. The fourth-order valence-corrected chi connectivity index (χ4v) is 3.51. The first kappa shape index (κ1) is 21.6. The highest BCUT2D eigenvalue weighted by atomic mass is 15.0. The number of aliphatic imine (C=N–C) groups is 1. The van der Waals surface area contributed by atoms with Gasteiger partial charge in [-0.05, 0) is 42.5 Å². The van der Waals surface area contributed by atoms with E-state index in [-0.39, 0.29) is 6.04 Å². The molecule has 2 heteroatoms. The van der Waals surface area contributed by atoms with E-state index < -0.39 is 0 Å². The standard InChI is InChI=1S/C28H32N2/c1-5-10-22(3)25-17-15-24(16-18-25)20-29-28(26-12-7-6-8-13-26)30-23(4)27-14-9-11-21(2)19-27/h6-9,11-19,23H,3,5,10,20H2,1-2,4H3,(H,29,30). The van der Waals surface area contributed by atoms with E-state index in [1.165, 1.54) is 27.8 Å². The third-order valence-corrected chi connectivity index (χ3v) is 5.28. The number of aryl methyl sites for hydroxylation is 1. The highest BCUT2D eigenvalue weighted by molar-refractivity contribution is 5.99. The van der Waals surface area contributed by atoms with Gasteiger partial charge in [0.2, 0.25) is 0 Å². The normalized spacial score (nSPS) is 12.4. The Morgan fingerprint density at radius 3 is 2.33 bits per heavy atom. The molecule has 3 aromatic rings. The van der Waals surface area contributed by atoms with Gasteiger partial charge >= 0.3 is 0 Å². The van der Waals surface area contributed by atoms with Gasteiger partial charge in [-0.15, -0.1) is 0 Å². The molecule has 154 valence electrons. The van der Waals surface area contributed by atoms with Crippen molar-refractivity contribution < 1.29 is 0 Å². The van der Waals surface area contributed by atoms with Gasteiger partial charge in [-0.25, -0.2) is 0 Å². The molecule has 3 aromatic carbocycles. The lowest BCUT2D eigenvalue weighted by Crippen LogP contribution is -2.28. The van der Waals surface area contributed by atoms with E-state index in [0.717, 1.165) is 24.2 Å². The first-order valence-corrected chi connectivity index (χ1v) is 10.8. The molecule has 0 heterocycles. The predicted octanol–water partition coefficient (Wildman–Crippen LogP) is 7.11. The van der Waals surface area contributed by atoms with Crippen molar-refractivity contribution in [3.63, 3.8) is 0 Å². The summed E-state index contributed by atoms with van der Waals surface area (Å²) in [6, 6.07) is 27.8. The fraction of sp³-hybridized carbons (Fsp3) is 0.250. The van der Waals surface area contributed by atoms with Gasteiger partial charge in [-0.3, -0.25) is 4.99 Å². The second kappa shape index (κ2) is 10.6. The van der Waals surface area contributed by atoms with E-state index in [1.807, 2.05) is 6.07 Å². The summed E-state index contributed by atoms with van der Waals surface area (Å²) < 4.78 is 0. The second-order valence-electron chi connectivity index (χ2n) is 7.86. The molecule has 1 unspecified atom stereocenters. The Morgan fingerprint density at radius 1 is 0.933 bits per heavy atom. The molecule has 1 atom stereocenters. The summed E-state index contributed by atoms with van der Waals surface area (Å²) in [6.45, 7) is 11.3. The van der Waals surface area contributed by atoms with Crippen molar-refractivity contribution in [2.45, 2.75) is 46.2 Å². The van der Waals surface area contributed by atoms with E-state index in [2.05, 4.69) is 105 Å². The minimum Gasteiger partial charge on any atom is -0.363 e. The summed E-state index contributed by atoms with van der Waals surface area (Å²) in [4.78, 5) is 4.95. The Bertz CT molecular complexity index is 985. The number of amidine groups is 1. The fourth-order valence-electron chi connectivity index (χ4n) is 3.51. The molecule has 30 heavy (non-hydrogen) atoms. The van der Waals surface area contributed by atoms with Crippen LogP contribution in [0.25, 0.3) is 5.57 Å². The molecule has 0 amide bonds. The molecule has 0 radical (unpaired) electrons. The van der Waals surface area contributed by atoms with Gasteiger partial charge in [0.1, 0.15) is 5.84 Å². The Labute approximate surface area is 181 Å². The smallest absolute Gasteiger partial charge is 0.129 e. The van der Waals surface area contributed by atoms with Crippen LogP contribution < -0.4 is 5.32 Å². The molecule has 0 aliphatic rings. The summed E-state index contributed by atoms with van der Waals surface area (Å²) in [5.41, 5.74) is 7.25. The Morgan fingerprint density at radius 2 is 1.67 bits per heavy atom. The molecular formula is C28H32N2. The molecular weight excluding hydrogens is 364 g/mol. The zero-order valence-corrected chi connectivity index (χ0v) is 18.4. The quantitative estimate of drug-likeness (QED) is 0.318. The van der Waals surface area contributed by atoms with Crippen LogP contribution in [0.15, 0.2) is 90.4 Å². The van der Waals surface area contributed by atoms with Crippen molar-refractivity contribution in [2.24, 2.45) is 4.99 Å². The van der Waals surface area contributed by atoms with Gasteiger partial charge in [0.15, 0.2) is 0 Å². The zero-order chi connectivity index (χ0) is 21.3. The van der Waals surface area contributed by atoms with Crippen LogP contribution in [0.2, 0.25) is 0 Å². The summed E-state index contributed by atoms with van der Waals surface area (Å²) in [7, 11) is 0. The first-order chi connectivity index (χ1) is 14.6. The van der Waals surface area contributed by atoms with Crippen molar-refractivity contribution in [1.82, 2.24) is 5.32 Å². The number of hydrogen-bond donors (Lipinski definition) is 1. The van der Waals surface area contributed by atoms with Crippen LogP contribution in [0.1, 0.15) is 60.5 Å². The minimum absolute atomic E-state index is 0.170. The van der Waals surface area contributed by atoms with Crippen molar-refractivity contribution >= 4 is 11.4 Å². The SMILES string of the molecule is C=C(CCC)c1ccc(C/N=C(\NC(C)c2cccc(C)c2)c2ccccc2)cc1. The largest absolute Gasteiger partial charge is 0.363 e. The average Bonchev–Trinajstić information content (AvgIpc) is 2.77. The topological polar surface area (TPSA) is 24.4 Å². The van der Waals surface area contributed by atoms with E-state index >= 15 is 0 Å². The Kier molecular flexibility index (Phi) is 7.62. The zero-order valence-electron chi connectivity index (χ0n) is 18.4. The van der Waals surface area contributed by atoms with E-state index in [9.17, 15) is 0 Å². The maximum absolute atomic E-state index is 4.95. The summed E-state index contributed by atoms with van der Waals surface area (Å²) >= 11 is 0. The molecule has 0 fully saturated rings. The summed E-state index contributed by atoms with van der Waals surface area (Å²) in [5.74, 6) is 0.920. The summed E-state index contributed by atoms with van der Waals surface area (Å²) in [6.07, 6.45) is 2.16. The molecule has 2 nitrogen and oxygen atoms in total. The number of benzene rings is 3. The van der Waals surface area contributed by atoms with Gasteiger partial charge in [-0.2, -0.15) is 0 Å². The maximum atomic E-state index is 4.95. The molecule has 0 bridgehead atoms. The van der Waals surface area contributed by atoms with Crippen LogP contribution in [0.5, 0.6) is 0 Å². The van der Waals surface area contributed by atoms with Crippen molar-refractivity contribution in [3.8, 4) is 0 Å². The molecule has 3 rings (SSSR count). The third-order valence-electron chi connectivity index (χ3n) is 5.28. The van der Waals surface area contributed by atoms with E-state index in [4.69, 9.17) is 4.99 Å². The van der Waals surface area contributed by atoms with Gasteiger partial charge < -0.3 is 5.32 Å². The average molecular weight is 397 g/mol. The van der Waals surface area contributed by atoms with Gasteiger partial charge in [0.05, 0.1) is 6.54 Å². The number of rotatable bonds is 8.